The van der Waals surface area contributed by atoms with Gasteiger partial charge in [-0.15, -0.1) is 0 Å². The van der Waals surface area contributed by atoms with Crippen molar-refractivity contribution in [2.75, 3.05) is 6.54 Å². The smallest absolute Gasteiger partial charge is 0.410 e. The van der Waals surface area contributed by atoms with Crippen LogP contribution in [0.15, 0.2) is 24.3 Å². The van der Waals surface area contributed by atoms with E-state index in [1.54, 1.807) is 0 Å². The molecule has 3 unspecified atom stereocenters. The molecule has 24 heavy (non-hydrogen) atoms. The Balaban J connectivity index is 1.97. The first kappa shape index (κ1) is 17.6. The van der Waals surface area contributed by atoms with Crippen LogP contribution >= 0.6 is 0 Å². The van der Waals surface area contributed by atoms with Crippen LogP contribution in [0.25, 0.3) is 0 Å². The number of nitro groups is 1. The number of primary amides is 1. The number of amides is 2. The molecular formula is C14H18N4O6. The van der Waals surface area contributed by atoms with Crippen molar-refractivity contribution in [1.82, 2.24) is 4.90 Å². The topological polar surface area (TPSA) is 162 Å². The molecule has 1 fully saturated rings. The number of non-ortho nitro benzene ring substituents is 1. The van der Waals surface area contributed by atoms with Gasteiger partial charge < -0.3 is 26.2 Å². The van der Waals surface area contributed by atoms with Gasteiger partial charge in [0.25, 0.3) is 5.69 Å². The molecule has 0 bridgehead atoms. The summed E-state index contributed by atoms with van der Waals surface area (Å²) in [6.45, 7) is -0.118. The molecule has 10 heteroatoms. The minimum atomic E-state index is -1.10. The van der Waals surface area contributed by atoms with E-state index in [-0.39, 0.29) is 25.3 Å². The normalized spacial score (nSPS) is 21.3. The number of β-amino-alcohol motifs (C(OH)–C–C–N with tert-alkyl or cyclic N) is 1. The highest BCUT2D eigenvalue weighted by Gasteiger charge is 2.40. The van der Waals surface area contributed by atoms with Gasteiger partial charge in [-0.1, -0.05) is 0 Å². The van der Waals surface area contributed by atoms with Crippen molar-refractivity contribution in [3.63, 3.8) is 0 Å². The van der Waals surface area contributed by atoms with Crippen LogP contribution in [-0.2, 0) is 16.1 Å². The molecule has 1 saturated heterocycles. The fourth-order valence-corrected chi connectivity index (χ4v) is 2.52. The van der Waals surface area contributed by atoms with E-state index in [1.807, 2.05) is 0 Å². The zero-order chi connectivity index (χ0) is 17.9. The van der Waals surface area contributed by atoms with Gasteiger partial charge in [0, 0.05) is 12.1 Å². The summed E-state index contributed by atoms with van der Waals surface area (Å²) >= 11 is 0. The molecule has 0 aliphatic carbocycles. The summed E-state index contributed by atoms with van der Waals surface area (Å²) in [5.74, 6) is -0.776. The van der Waals surface area contributed by atoms with E-state index in [0.29, 0.717) is 5.56 Å². The van der Waals surface area contributed by atoms with E-state index in [0.717, 1.165) is 0 Å². The molecule has 0 radical (unpaired) electrons. The van der Waals surface area contributed by atoms with Gasteiger partial charge in [-0.05, 0) is 24.1 Å². The second kappa shape index (κ2) is 7.23. The van der Waals surface area contributed by atoms with Gasteiger partial charge in [-0.3, -0.25) is 14.9 Å². The zero-order valence-electron chi connectivity index (χ0n) is 12.7. The SMILES string of the molecule is NC(=O)C(N)C1CC(O)CN1C(=O)OCc1ccc([N+](=O)[O-])cc1. The Hall–Kier alpha value is -2.72. The van der Waals surface area contributed by atoms with Crippen LogP contribution in [0.1, 0.15) is 12.0 Å². The Labute approximate surface area is 137 Å². The average molecular weight is 338 g/mol. The van der Waals surface area contributed by atoms with E-state index in [1.165, 1.54) is 29.2 Å². The van der Waals surface area contributed by atoms with Gasteiger partial charge >= 0.3 is 6.09 Å². The lowest BCUT2D eigenvalue weighted by molar-refractivity contribution is -0.384. The number of rotatable bonds is 5. The molecule has 5 N–H and O–H groups in total. The predicted octanol–water partition coefficient (Wildman–Crippen LogP) is -0.521. The molecule has 1 heterocycles. The Bertz CT molecular complexity index is 635. The summed E-state index contributed by atoms with van der Waals surface area (Å²) in [5.41, 5.74) is 11.3. The summed E-state index contributed by atoms with van der Waals surface area (Å²) in [6, 6.07) is 3.70. The Morgan fingerprint density at radius 3 is 2.58 bits per heavy atom. The number of likely N-dealkylation sites (tertiary alicyclic amines) is 1. The number of ether oxygens (including phenoxy) is 1. The van der Waals surface area contributed by atoms with E-state index < -0.39 is 35.1 Å². The van der Waals surface area contributed by atoms with Crippen LogP contribution in [0.3, 0.4) is 0 Å². The lowest BCUT2D eigenvalue weighted by Gasteiger charge is -2.26. The number of aliphatic hydroxyl groups excluding tert-OH is 1. The second-order valence-electron chi connectivity index (χ2n) is 5.52. The van der Waals surface area contributed by atoms with E-state index in [2.05, 4.69) is 0 Å². The van der Waals surface area contributed by atoms with Crippen molar-refractivity contribution in [2.45, 2.75) is 31.2 Å². The molecule has 130 valence electrons. The van der Waals surface area contributed by atoms with Crippen LogP contribution in [-0.4, -0.2) is 51.7 Å². The van der Waals surface area contributed by atoms with Crippen LogP contribution in [0.2, 0.25) is 0 Å². The standard InChI is InChI=1S/C14H18N4O6/c15-12(13(16)20)11-5-10(19)6-17(11)14(21)24-7-8-1-3-9(4-2-8)18(22)23/h1-4,10-12,19H,5-7,15H2,(H2,16,20). The number of hydrogen-bond donors (Lipinski definition) is 3. The third kappa shape index (κ3) is 3.97. The molecule has 0 aromatic heterocycles. The number of carbonyl (C=O) groups is 2. The van der Waals surface area contributed by atoms with Gasteiger partial charge in [-0.2, -0.15) is 0 Å². The fraction of sp³-hybridized carbons (Fsp3) is 0.429. The van der Waals surface area contributed by atoms with E-state index >= 15 is 0 Å². The van der Waals surface area contributed by atoms with Crippen molar-refractivity contribution in [3.8, 4) is 0 Å². The monoisotopic (exact) mass is 338 g/mol. The van der Waals surface area contributed by atoms with Gasteiger partial charge in [0.2, 0.25) is 5.91 Å². The quantitative estimate of drug-likeness (QED) is 0.480. The minimum absolute atomic E-state index is 0.00919. The molecule has 0 saturated carbocycles. The molecule has 2 rings (SSSR count). The minimum Gasteiger partial charge on any atom is -0.445 e. The van der Waals surface area contributed by atoms with Gasteiger partial charge in [-0.25, -0.2) is 4.79 Å². The highest BCUT2D eigenvalue weighted by Crippen LogP contribution is 2.22. The molecule has 1 aromatic rings. The van der Waals surface area contributed by atoms with Crippen molar-refractivity contribution < 1.29 is 24.4 Å². The highest BCUT2D eigenvalue weighted by atomic mass is 16.6. The third-order valence-electron chi connectivity index (χ3n) is 3.81. The number of carbonyl (C=O) groups excluding carboxylic acids is 2. The first-order valence-electron chi connectivity index (χ1n) is 7.19. The van der Waals surface area contributed by atoms with Gasteiger partial charge in [0.15, 0.2) is 0 Å². The second-order valence-corrected chi connectivity index (χ2v) is 5.52. The lowest BCUT2D eigenvalue weighted by Crippen LogP contribution is -2.53. The first-order valence-corrected chi connectivity index (χ1v) is 7.19. The van der Waals surface area contributed by atoms with Crippen LogP contribution < -0.4 is 11.5 Å². The largest absolute Gasteiger partial charge is 0.445 e. The highest BCUT2D eigenvalue weighted by molar-refractivity contribution is 5.81. The summed E-state index contributed by atoms with van der Waals surface area (Å²) < 4.78 is 5.12. The molecule has 1 aliphatic heterocycles. The number of hydrogen-bond acceptors (Lipinski definition) is 7. The molecule has 10 nitrogen and oxygen atoms in total. The van der Waals surface area contributed by atoms with Crippen LogP contribution in [0, 0.1) is 10.1 Å². The van der Waals surface area contributed by atoms with Crippen molar-refractivity contribution in [1.29, 1.82) is 0 Å². The molecule has 0 spiro atoms. The number of benzene rings is 1. The van der Waals surface area contributed by atoms with Gasteiger partial charge in [0.1, 0.15) is 12.6 Å². The Kier molecular flexibility index (Phi) is 5.31. The first-order chi connectivity index (χ1) is 11.3. The maximum absolute atomic E-state index is 12.2. The number of nitrogens with two attached hydrogens (primary N) is 2. The Morgan fingerprint density at radius 1 is 1.42 bits per heavy atom. The molecule has 2 amide bonds. The molecule has 3 atom stereocenters. The maximum atomic E-state index is 12.2. The third-order valence-corrected chi connectivity index (χ3v) is 3.81. The number of aliphatic hydroxyl groups is 1. The lowest BCUT2D eigenvalue weighted by atomic mass is 10.1. The summed E-state index contributed by atoms with van der Waals surface area (Å²) in [6.07, 6.45) is -1.42. The van der Waals surface area contributed by atoms with E-state index in [4.69, 9.17) is 16.2 Å². The predicted molar refractivity (Wildman–Crippen MR) is 81.6 cm³/mol. The van der Waals surface area contributed by atoms with Crippen molar-refractivity contribution in [2.24, 2.45) is 11.5 Å². The molecule has 1 aromatic carbocycles. The van der Waals surface area contributed by atoms with Crippen molar-refractivity contribution in [3.05, 3.63) is 39.9 Å². The van der Waals surface area contributed by atoms with Crippen LogP contribution in [0.4, 0.5) is 10.5 Å². The molecular weight excluding hydrogens is 320 g/mol. The van der Waals surface area contributed by atoms with Crippen molar-refractivity contribution >= 4 is 17.7 Å². The number of nitrogens with zero attached hydrogens (tertiary/aromatic N) is 2. The van der Waals surface area contributed by atoms with E-state index in [9.17, 15) is 24.8 Å². The number of nitro benzene ring substituents is 1. The van der Waals surface area contributed by atoms with Gasteiger partial charge in [0.05, 0.1) is 23.6 Å². The Morgan fingerprint density at radius 2 is 2.04 bits per heavy atom. The zero-order valence-corrected chi connectivity index (χ0v) is 12.7. The summed E-state index contributed by atoms with van der Waals surface area (Å²) in [4.78, 5) is 34.6. The molecule has 1 aliphatic rings. The van der Waals surface area contributed by atoms with Crippen LogP contribution in [0.5, 0.6) is 0 Å². The maximum Gasteiger partial charge on any atom is 0.410 e. The fourth-order valence-electron chi connectivity index (χ4n) is 2.52. The summed E-state index contributed by atoms with van der Waals surface area (Å²) in [5, 5.41) is 20.3. The average Bonchev–Trinajstić information content (AvgIpc) is 2.94. The summed E-state index contributed by atoms with van der Waals surface area (Å²) in [7, 11) is 0.